The van der Waals surface area contributed by atoms with Crippen molar-refractivity contribution in [1.29, 1.82) is 0 Å². The molecule has 0 aliphatic heterocycles. The highest BCUT2D eigenvalue weighted by Gasteiger charge is 2.37. The lowest BCUT2D eigenvalue weighted by molar-refractivity contribution is 0.0520. The van der Waals surface area contributed by atoms with Crippen LogP contribution in [0.1, 0.15) is 73.1 Å². The smallest absolute Gasteiger partial charge is 0.0774 e. The van der Waals surface area contributed by atoms with E-state index in [9.17, 15) is 5.11 Å². The summed E-state index contributed by atoms with van der Waals surface area (Å²) in [4.78, 5) is 0. The van der Waals surface area contributed by atoms with E-state index in [1.54, 1.807) is 0 Å². The van der Waals surface area contributed by atoms with Crippen LogP contribution in [-0.4, -0.2) is 11.2 Å². The van der Waals surface area contributed by atoms with E-state index in [-0.39, 0.29) is 11.5 Å². The molecule has 0 amide bonds. The van der Waals surface area contributed by atoms with Crippen LogP contribution in [0.4, 0.5) is 0 Å². The van der Waals surface area contributed by atoms with Gasteiger partial charge in [-0.25, -0.2) is 0 Å². The van der Waals surface area contributed by atoms with E-state index in [2.05, 4.69) is 39.0 Å². The van der Waals surface area contributed by atoms with E-state index in [0.29, 0.717) is 5.41 Å². The zero-order valence-corrected chi connectivity index (χ0v) is 14.2. The highest BCUT2D eigenvalue weighted by atomic mass is 16.3. The molecule has 0 spiro atoms. The van der Waals surface area contributed by atoms with Crippen molar-refractivity contribution in [1.82, 2.24) is 0 Å². The summed E-state index contributed by atoms with van der Waals surface area (Å²) in [6, 6.07) is 0. The van der Waals surface area contributed by atoms with Crippen LogP contribution in [0, 0.1) is 16.7 Å². The predicted molar refractivity (Wildman–Crippen MR) is 88.7 cm³/mol. The van der Waals surface area contributed by atoms with Gasteiger partial charge in [0.1, 0.15) is 0 Å². The molecule has 0 radical (unpaired) electrons. The zero-order valence-electron chi connectivity index (χ0n) is 14.2. The summed E-state index contributed by atoms with van der Waals surface area (Å²) < 4.78 is 0. The van der Waals surface area contributed by atoms with Gasteiger partial charge in [0.15, 0.2) is 0 Å². The Morgan fingerprint density at radius 1 is 1.15 bits per heavy atom. The van der Waals surface area contributed by atoms with Crippen LogP contribution in [0.2, 0.25) is 0 Å². The standard InChI is InChI=1S/C17H28O.C2H6/c1-4-16(2)13-10-14-8-7-12-17(14,3)11-6-5-9-15(16)18;1-2/h5,7,9,12,14-15,18H,4,6,8,10-11,13H2,1-3H3;1-2H3/b9-5-;. The average Bonchev–Trinajstić information content (AvgIpc) is 2.84. The second-order valence-electron chi connectivity index (χ2n) is 6.80. The summed E-state index contributed by atoms with van der Waals surface area (Å²) >= 11 is 0. The van der Waals surface area contributed by atoms with Crippen molar-refractivity contribution in [2.75, 3.05) is 0 Å². The molecule has 116 valence electrons. The van der Waals surface area contributed by atoms with E-state index in [4.69, 9.17) is 0 Å². The number of rotatable bonds is 1. The molecule has 0 heterocycles. The molecular weight excluding hydrogens is 244 g/mol. The fourth-order valence-corrected chi connectivity index (χ4v) is 3.53. The van der Waals surface area contributed by atoms with Gasteiger partial charge in [0, 0.05) is 0 Å². The fourth-order valence-electron chi connectivity index (χ4n) is 3.53. The lowest BCUT2D eigenvalue weighted by Gasteiger charge is -2.38. The highest BCUT2D eigenvalue weighted by molar-refractivity contribution is 5.11. The maximum Gasteiger partial charge on any atom is 0.0774 e. The first kappa shape index (κ1) is 17.5. The first-order valence-corrected chi connectivity index (χ1v) is 8.52. The normalized spacial score (nSPS) is 42.3. The van der Waals surface area contributed by atoms with Crippen LogP contribution in [0.25, 0.3) is 0 Å². The SMILES string of the molecule is CC.CCC1(C)CCC2CC=CC2(C)CC/C=C\C1O. The number of allylic oxidation sites excluding steroid dienone is 3. The minimum atomic E-state index is -0.277. The summed E-state index contributed by atoms with van der Waals surface area (Å²) in [5.41, 5.74) is 0.443. The summed E-state index contributed by atoms with van der Waals surface area (Å²) in [7, 11) is 0. The lowest BCUT2D eigenvalue weighted by Crippen LogP contribution is -2.33. The first-order chi connectivity index (χ1) is 9.50. The third-order valence-corrected chi connectivity index (χ3v) is 5.61. The molecular formula is C19H34O. The topological polar surface area (TPSA) is 20.2 Å². The monoisotopic (exact) mass is 278 g/mol. The summed E-state index contributed by atoms with van der Waals surface area (Å²) in [5.74, 6) is 0.780. The van der Waals surface area contributed by atoms with Gasteiger partial charge in [-0.3, -0.25) is 0 Å². The second kappa shape index (κ2) is 7.45. The first-order valence-electron chi connectivity index (χ1n) is 8.52. The van der Waals surface area contributed by atoms with Gasteiger partial charge in [-0.05, 0) is 55.3 Å². The number of aliphatic hydroxyl groups is 1. The molecule has 0 fully saturated rings. The van der Waals surface area contributed by atoms with Gasteiger partial charge in [-0.1, -0.05) is 58.9 Å². The Hall–Kier alpha value is -0.560. The predicted octanol–water partition coefficient (Wildman–Crippen LogP) is 5.50. The van der Waals surface area contributed by atoms with Crippen molar-refractivity contribution in [3.63, 3.8) is 0 Å². The van der Waals surface area contributed by atoms with Gasteiger partial charge >= 0.3 is 0 Å². The van der Waals surface area contributed by atoms with E-state index in [1.165, 1.54) is 19.3 Å². The highest BCUT2D eigenvalue weighted by Crippen LogP contribution is 2.47. The minimum Gasteiger partial charge on any atom is -0.388 e. The maximum atomic E-state index is 10.4. The molecule has 4 atom stereocenters. The molecule has 0 aromatic rings. The Labute approximate surface area is 126 Å². The van der Waals surface area contributed by atoms with Gasteiger partial charge in [-0.15, -0.1) is 0 Å². The number of aliphatic hydroxyl groups excluding tert-OH is 1. The Morgan fingerprint density at radius 2 is 1.85 bits per heavy atom. The van der Waals surface area contributed by atoms with Crippen molar-refractivity contribution in [2.24, 2.45) is 16.7 Å². The zero-order chi connectivity index (χ0) is 15.2. The van der Waals surface area contributed by atoms with Crippen molar-refractivity contribution >= 4 is 0 Å². The molecule has 1 nitrogen and oxygen atoms in total. The third kappa shape index (κ3) is 3.75. The van der Waals surface area contributed by atoms with Crippen LogP contribution < -0.4 is 0 Å². The maximum absolute atomic E-state index is 10.4. The molecule has 2 rings (SSSR count). The molecule has 1 N–H and O–H groups in total. The summed E-state index contributed by atoms with van der Waals surface area (Å²) in [6.07, 6.45) is 15.7. The Morgan fingerprint density at radius 3 is 2.50 bits per heavy atom. The minimum absolute atomic E-state index is 0.0529. The number of hydrogen-bond acceptors (Lipinski definition) is 1. The lowest BCUT2D eigenvalue weighted by atomic mass is 9.69. The Kier molecular flexibility index (Phi) is 6.51. The van der Waals surface area contributed by atoms with E-state index in [0.717, 1.165) is 25.2 Å². The van der Waals surface area contributed by atoms with Gasteiger partial charge in [-0.2, -0.15) is 0 Å². The number of fused-ring (bicyclic) bond motifs is 1. The molecule has 2 aliphatic carbocycles. The van der Waals surface area contributed by atoms with Gasteiger partial charge in [0.25, 0.3) is 0 Å². The summed E-state index contributed by atoms with van der Waals surface area (Å²) in [6.45, 7) is 10.9. The quantitative estimate of drug-likeness (QED) is 0.628. The van der Waals surface area contributed by atoms with E-state index < -0.39 is 0 Å². The van der Waals surface area contributed by atoms with Gasteiger partial charge in [0.05, 0.1) is 6.10 Å². The molecule has 1 heteroatoms. The van der Waals surface area contributed by atoms with Crippen LogP contribution in [0.5, 0.6) is 0 Å². The van der Waals surface area contributed by atoms with Crippen LogP contribution in [0.3, 0.4) is 0 Å². The van der Waals surface area contributed by atoms with Crippen LogP contribution in [0.15, 0.2) is 24.3 Å². The Bertz CT molecular complexity index is 344. The molecule has 0 bridgehead atoms. The second-order valence-corrected chi connectivity index (χ2v) is 6.80. The molecule has 0 aromatic heterocycles. The number of hydrogen-bond donors (Lipinski definition) is 1. The Balaban J connectivity index is 0.000000956. The van der Waals surface area contributed by atoms with Gasteiger partial charge < -0.3 is 5.11 Å². The largest absolute Gasteiger partial charge is 0.388 e. The molecule has 20 heavy (non-hydrogen) atoms. The van der Waals surface area contributed by atoms with Crippen molar-refractivity contribution in [3.05, 3.63) is 24.3 Å². The molecule has 0 aromatic carbocycles. The van der Waals surface area contributed by atoms with E-state index in [1.807, 2.05) is 19.9 Å². The molecule has 0 saturated carbocycles. The van der Waals surface area contributed by atoms with Crippen molar-refractivity contribution < 1.29 is 5.11 Å². The third-order valence-electron chi connectivity index (χ3n) is 5.61. The van der Waals surface area contributed by atoms with Crippen molar-refractivity contribution in [3.8, 4) is 0 Å². The van der Waals surface area contributed by atoms with E-state index >= 15 is 0 Å². The summed E-state index contributed by atoms with van der Waals surface area (Å²) in [5, 5.41) is 10.4. The average molecular weight is 278 g/mol. The van der Waals surface area contributed by atoms with Crippen LogP contribution in [-0.2, 0) is 0 Å². The molecule has 0 saturated heterocycles. The van der Waals surface area contributed by atoms with Gasteiger partial charge in [0.2, 0.25) is 0 Å². The molecule has 2 aliphatic rings. The molecule has 4 unspecified atom stereocenters. The van der Waals surface area contributed by atoms with Crippen LogP contribution >= 0.6 is 0 Å². The fraction of sp³-hybridized carbons (Fsp3) is 0.789. The van der Waals surface area contributed by atoms with Crippen molar-refractivity contribution in [2.45, 2.75) is 79.2 Å².